The molecule has 1 aromatic rings. The summed E-state index contributed by atoms with van der Waals surface area (Å²) in [6.45, 7) is 10.7. The first-order valence-electron chi connectivity index (χ1n) is 7.27. The van der Waals surface area contributed by atoms with Gasteiger partial charge in [-0.2, -0.15) is 11.8 Å². The summed E-state index contributed by atoms with van der Waals surface area (Å²) >= 11 is 2.07. The standard InChI is InChI=1S/C15H26N2OS/c1-12(2)16-10-14-9-15(18-13(14)3)11-17-5-4-7-19-8-6-17/h9,12,16H,4-8,10-11H2,1-3H3. The fraction of sp³-hybridized carbons (Fsp3) is 0.733. The maximum Gasteiger partial charge on any atom is 0.118 e. The Morgan fingerprint density at radius 2 is 2.21 bits per heavy atom. The van der Waals surface area contributed by atoms with Crippen molar-refractivity contribution in [3.63, 3.8) is 0 Å². The molecule has 0 amide bonds. The second-order valence-electron chi connectivity index (χ2n) is 5.57. The van der Waals surface area contributed by atoms with Crippen molar-refractivity contribution in [1.82, 2.24) is 10.2 Å². The van der Waals surface area contributed by atoms with Crippen molar-refractivity contribution in [2.24, 2.45) is 0 Å². The third-order valence-electron chi connectivity index (χ3n) is 3.47. The van der Waals surface area contributed by atoms with E-state index in [-0.39, 0.29) is 0 Å². The van der Waals surface area contributed by atoms with Gasteiger partial charge in [0.25, 0.3) is 0 Å². The molecule has 1 N–H and O–H groups in total. The number of hydrogen-bond acceptors (Lipinski definition) is 4. The van der Waals surface area contributed by atoms with Crippen LogP contribution in [0.25, 0.3) is 0 Å². The fourth-order valence-electron chi connectivity index (χ4n) is 2.33. The predicted molar refractivity (Wildman–Crippen MR) is 82.6 cm³/mol. The van der Waals surface area contributed by atoms with E-state index < -0.39 is 0 Å². The van der Waals surface area contributed by atoms with Crippen molar-refractivity contribution in [2.45, 2.75) is 46.3 Å². The lowest BCUT2D eigenvalue weighted by Gasteiger charge is -2.17. The van der Waals surface area contributed by atoms with Crippen molar-refractivity contribution in [3.8, 4) is 0 Å². The van der Waals surface area contributed by atoms with Crippen molar-refractivity contribution in [3.05, 3.63) is 23.2 Å². The fourth-order valence-corrected chi connectivity index (χ4v) is 3.26. The summed E-state index contributed by atoms with van der Waals surface area (Å²) in [6, 6.07) is 2.74. The number of aryl methyl sites for hydroxylation is 1. The van der Waals surface area contributed by atoms with Gasteiger partial charge in [-0.25, -0.2) is 0 Å². The molecule has 0 saturated carbocycles. The van der Waals surface area contributed by atoms with E-state index >= 15 is 0 Å². The molecule has 3 nitrogen and oxygen atoms in total. The van der Waals surface area contributed by atoms with Crippen LogP contribution in [0.1, 0.15) is 37.4 Å². The van der Waals surface area contributed by atoms with Crippen LogP contribution in [0.2, 0.25) is 0 Å². The number of rotatable bonds is 5. The highest BCUT2D eigenvalue weighted by Crippen LogP contribution is 2.18. The summed E-state index contributed by atoms with van der Waals surface area (Å²) in [7, 11) is 0. The zero-order chi connectivity index (χ0) is 13.7. The minimum atomic E-state index is 0.514. The maximum atomic E-state index is 5.90. The van der Waals surface area contributed by atoms with Gasteiger partial charge in [0.2, 0.25) is 0 Å². The van der Waals surface area contributed by atoms with Gasteiger partial charge in [0.1, 0.15) is 11.5 Å². The topological polar surface area (TPSA) is 28.4 Å². The lowest BCUT2D eigenvalue weighted by Crippen LogP contribution is -2.25. The zero-order valence-corrected chi connectivity index (χ0v) is 13.2. The summed E-state index contributed by atoms with van der Waals surface area (Å²) in [4.78, 5) is 2.51. The molecule has 19 heavy (non-hydrogen) atoms. The van der Waals surface area contributed by atoms with E-state index in [1.54, 1.807) is 0 Å². The molecule has 2 heterocycles. The van der Waals surface area contributed by atoms with E-state index in [2.05, 4.69) is 48.8 Å². The molecule has 0 unspecified atom stereocenters. The number of furan rings is 1. The zero-order valence-electron chi connectivity index (χ0n) is 12.4. The van der Waals surface area contributed by atoms with Gasteiger partial charge in [-0.3, -0.25) is 4.90 Å². The molecule has 0 atom stereocenters. The molecule has 1 saturated heterocycles. The number of thioether (sulfide) groups is 1. The highest BCUT2D eigenvalue weighted by Gasteiger charge is 2.13. The van der Waals surface area contributed by atoms with Crippen LogP contribution in [0.5, 0.6) is 0 Å². The molecule has 0 radical (unpaired) electrons. The Labute approximate surface area is 121 Å². The highest BCUT2D eigenvalue weighted by molar-refractivity contribution is 7.99. The van der Waals surface area contributed by atoms with Crippen molar-refractivity contribution in [1.29, 1.82) is 0 Å². The Balaban J connectivity index is 1.91. The van der Waals surface area contributed by atoms with Gasteiger partial charge >= 0.3 is 0 Å². The minimum Gasteiger partial charge on any atom is -0.465 e. The second-order valence-corrected chi connectivity index (χ2v) is 6.80. The first-order valence-corrected chi connectivity index (χ1v) is 8.42. The van der Waals surface area contributed by atoms with Crippen LogP contribution in [0.15, 0.2) is 10.5 Å². The lowest BCUT2D eigenvalue weighted by atomic mass is 10.2. The average Bonchev–Trinajstić information content (AvgIpc) is 2.56. The molecule has 0 spiro atoms. The van der Waals surface area contributed by atoms with Crippen LogP contribution >= 0.6 is 11.8 Å². The summed E-state index contributed by atoms with van der Waals surface area (Å²) < 4.78 is 5.90. The second kappa shape index (κ2) is 7.36. The van der Waals surface area contributed by atoms with Crippen molar-refractivity contribution < 1.29 is 4.42 Å². The highest BCUT2D eigenvalue weighted by atomic mass is 32.2. The van der Waals surface area contributed by atoms with Crippen molar-refractivity contribution >= 4 is 11.8 Å². The summed E-state index contributed by atoms with van der Waals surface area (Å²) in [5.41, 5.74) is 1.30. The molecule has 1 aliphatic heterocycles. The minimum absolute atomic E-state index is 0.514. The van der Waals surface area contributed by atoms with E-state index in [1.807, 2.05) is 0 Å². The Kier molecular flexibility index (Phi) is 5.79. The van der Waals surface area contributed by atoms with Gasteiger partial charge < -0.3 is 9.73 Å². The van der Waals surface area contributed by atoms with E-state index in [4.69, 9.17) is 4.42 Å². The van der Waals surface area contributed by atoms with Gasteiger partial charge in [-0.1, -0.05) is 13.8 Å². The smallest absolute Gasteiger partial charge is 0.118 e. The molecule has 0 aliphatic carbocycles. The Morgan fingerprint density at radius 3 is 3.00 bits per heavy atom. The number of hydrogen-bond donors (Lipinski definition) is 1. The number of nitrogens with zero attached hydrogens (tertiary/aromatic N) is 1. The van der Waals surface area contributed by atoms with Crippen LogP contribution in [0, 0.1) is 6.92 Å². The largest absolute Gasteiger partial charge is 0.465 e. The molecular formula is C15H26N2OS. The Bertz CT molecular complexity index is 381. The normalized spacial score (nSPS) is 17.9. The Morgan fingerprint density at radius 1 is 1.37 bits per heavy atom. The van der Waals surface area contributed by atoms with Crippen LogP contribution in [0.3, 0.4) is 0 Å². The molecule has 1 aromatic heterocycles. The molecule has 0 bridgehead atoms. The summed E-state index contributed by atoms with van der Waals surface area (Å²) in [6.07, 6.45) is 1.30. The molecule has 108 valence electrons. The van der Waals surface area contributed by atoms with Gasteiger partial charge in [0, 0.05) is 30.4 Å². The maximum absolute atomic E-state index is 5.90. The first kappa shape index (κ1) is 14.9. The molecule has 4 heteroatoms. The Hall–Kier alpha value is -0.450. The van der Waals surface area contributed by atoms with Crippen LogP contribution < -0.4 is 5.32 Å². The van der Waals surface area contributed by atoms with Crippen LogP contribution in [-0.4, -0.2) is 35.5 Å². The molecule has 2 rings (SSSR count). The molecular weight excluding hydrogens is 256 g/mol. The third-order valence-corrected chi connectivity index (χ3v) is 4.52. The molecule has 1 fully saturated rings. The summed E-state index contributed by atoms with van der Waals surface area (Å²) in [5.74, 6) is 4.73. The van der Waals surface area contributed by atoms with E-state index in [0.717, 1.165) is 24.6 Å². The molecule has 0 aromatic carbocycles. The third kappa shape index (κ3) is 4.86. The summed E-state index contributed by atoms with van der Waals surface area (Å²) in [5, 5.41) is 3.45. The van der Waals surface area contributed by atoms with Crippen molar-refractivity contribution in [2.75, 3.05) is 24.6 Å². The SMILES string of the molecule is Cc1oc(CN2CCCSCC2)cc1CNC(C)C. The van der Waals surface area contributed by atoms with Gasteiger partial charge in [-0.15, -0.1) is 0 Å². The predicted octanol–water partition coefficient (Wildman–Crippen LogP) is 3.02. The monoisotopic (exact) mass is 282 g/mol. The van der Waals surface area contributed by atoms with E-state index in [9.17, 15) is 0 Å². The van der Waals surface area contributed by atoms with Gasteiger partial charge in [0.15, 0.2) is 0 Å². The molecule has 1 aliphatic rings. The van der Waals surface area contributed by atoms with Crippen LogP contribution in [-0.2, 0) is 13.1 Å². The van der Waals surface area contributed by atoms with E-state index in [0.29, 0.717) is 6.04 Å². The van der Waals surface area contributed by atoms with Gasteiger partial charge in [-0.05, 0) is 31.7 Å². The first-order chi connectivity index (χ1) is 9.15. The van der Waals surface area contributed by atoms with Crippen LogP contribution in [0.4, 0.5) is 0 Å². The van der Waals surface area contributed by atoms with E-state index in [1.165, 1.54) is 36.6 Å². The number of nitrogens with one attached hydrogen (secondary N) is 1. The van der Waals surface area contributed by atoms with Gasteiger partial charge in [0.05, 0.1) is 6.54 Å². The quantitative estimate of drug-likeness (QED) is 0.898. The lowest BCUT2D eigenvalue weighted by molar-refractivity contribution is 0.260. The average molecular weight is 282 g/mol.